The zero-order chi connectivity index (χ0) is 15.6. The zero-order valence-corrected chi connectivity index (χ0v) is 12.2. The highest BCUT2D eigenvalue weighted by Gasteiger charge is 2.08. The lowest BCUT2D eigenvalue weighted by atomic mass is 10.1. The van der Waals surface area contributed by atoms with Gasteiger partial charge in [-0.2, -0.15) is 5.10 Å². The van der Waals surface area contributed by atoms with Crippen molar-refractivity contribution in [3.63, 3.8) is 0 Å². The molecule has 4 nitrogen and oxygen atoms in total. The Morgan fingerprint density at radius 2 is 1.87 bits per heavy atom. The molecule has 4 aromatic rings. The van der Waals surface area contributed by atoms with Crippen LogP contribution in [0.25, 0.3) is 22.2 Å². The maximum atomic E-state index is 13.4. The third-order valence-corrected chi connectivity index (χ3v) is 3.69. The predicted molar refractivity (Wildman–Crippen MR) is 86.3 cm³/mol. The van der Waals surface area contributed by atoms with Crippen molar-refractivity contribution in [1.29, 1.82) is 0 Å². The van der Waals surface area contributed by atoms with Crippen LogP contribution in [0.2, 0.25) is 0 Å². The van der Waals surface area contributed by atoms with E-state index >= 15 is 0 Å². The summed E-state index contributed by atoms with van der Waals surface area (Å²) in [6.45, 7) is 0.568. The van der Waals surface area contributed by atoms with Crippen LogP contribution in [0.15, 0.2) is 67.1 Å². The monoisotopic (exact) mass is 304 g/mol. The minimum atomic E-state index is -0.260. The first-order valence-corrected chi connectivity index (χ1v) is 7.27. The van der Waals surface area contributed by atoms with Gasteiger partial charge in [-0.05, 0) is 35.9 Å². The Labute approximate surface area is 132 Å². The lowest BCUT2D eigenvalue weighted by Gasteiger charge is -2.05. The number of hydrogen-bond donors (Lipinski definition) is 0. The van der Waals surface area contributed by atoms with Gasteiger partial charge in [-0.25, -0.2) is 4.39 Å². The van der Waals surface area contributed by atoms with Crippen LogP contribution in [0.1, 0.15) is 5.69 Å². The van der Waals surface area contributed by atoms with Gasteiger partial charge < -0.3 is 0 Å². The van der Waals surface area contributed by atoms with Crippen LogP contribution in [-0.2, 0) is 6.54 Å². The molecular formula is C18H13FN4. The average molecular weight is 304 g/mol. The second kappa shape index (κ2) is 5.61. The summed E-state index contributed by atoms with van der Waals surface area (Å²) in [6.07, 6.45) is 5.23. The highest BCUT2D eigenvalue weighted by molar-refractivity contribution is 5.80. The van der Waals surface area contributed by atoms with Crippen molar-refractivity contribution in [2.45, 2.75) is 6.54 Å². The Kier molecular flexibility index (Phi) is 3.31. The second-order valence-corrected chi connectivity index (χ2v) is 5.26. The molecular weight excluding hydrogens is 291 g/mol. The van der Waals surface area contributed by atoms with Crippen molar-refractivity contribution in [2.24, 2.45) is 0 Å². The van der Waals surface area contributed by atoms with Gasteiger partial charge in [0.15, 0.2) is 0 Å². The zero-order valence-electron chi connectivity index (χ0n) is 12.2. The molecule has 0 unspecified atom stereocenters. The Balaban J connectivity index is 1.77. The molecule has 0 bridgehead atoms. The lowest BCUT2D eigenvalue weighted by molar-refractivity contribution is 0.628. The highest BCUT2D eigenvalue weighted by Crippen LogP contribution is 2.23. The van der Waals surface area contributed by atoms with Crippen molar-refractivity contribution in [1.82, 2.24) is 19.7 Å². The molecule has 0 atom stereocenters. The Morgan fingerprint density at radius 3 is 2.70 bits per heavy atom. The van der Waals surface area contributed by atoms with Crippen LogP contribution >= 0.6 is 0 Å². The number of rotatable bonds is 3. The molecule has 0 aliphatic carbocycles. The third kappa shape index (κ3) is 2.68. The number of nitrogens with zero attached hydrogens (tertiary/aromatic N) is 4. The van der Waals surface area contributed by atoms with Crippen LogP contribution in [0.3, 0.4) is 0 Å². The normalized spacial score (nSPS) is 11.0. The van der Waals surface area contributed by atoms with E-state index in [1.54, 1.807) is 24.7 Å². The second-order valence-electron chi connectivity index (χ2n) is 5.26. The molecule has 23 heavy (non-hydrogen) atoms. The molecule has 0 N–H and O–H groups in total. The minimum absolute atomic E-state index is 0.260. The molecule has 0 aliphatic rings. The quantitative estimate of drug-likeness (QED) is 0.580. The fourth-order valence-electron chi connectivity index (χ4n) is 2.55. The van der Waals surface area contributed by atoms with Crippen LogP contribution in [-0.4, -0.2) is 19.7 Å². The summed E-state index contributed by atoms with van der Waals surface area (Å²) >= 11 is 0. The number of fused-ring (bicyclic) bond motifs is 1. The van der Waals surface area contributed by atoms with Crippen LogP contribution in [0.4, 0.5) is 4.39 Å². The molecule has 0 aliphatic heterocycles. The van der Waals surface area contributed by atoms with Gasteiger partial charge in [0.1, 0.15) is 11.3 Å². The number of halogens is 1. The summed E-state index contributed by atoms with van der Waals surface area (Å²) in [5, 5.41) is 4.38. The molecule has 4 rings (SSSR count). The lowest BCUT2D eigenvalue weighted by Crippen LogP contribution is -2.03. The molecule has 5 heteroatoms. The smallest absolute Gasteiger partial charge is 0.123 e. The first-order chi connectivity index (χ1) is 11.3. The van der Waals surface area contributed by atoms with Crippen LogP contribution in [0.5, 0.6) is 0 Å². The highest BCUT2D eigenvalue weighted by atomic mass is 19.1. The molecule has 3 aromatic heterocycles. The topological polar surface area (TPSA) is 43.6 Å². The average Bonchev–Trinajstić information content (AvgIpc) is 2.98. The molecule has 0 radical (unpaired) electrons. The molecule has 0 fully saturated rings. The molecule has 0 spiro atoms. The predicted octanol–water partition coefficient (Wildman–Crippen LogP) is 3.68. The molecule has 1 aromatic carbocycles. The Morgan fingerprint density at radius 1 is 0.913 bits per heavy atom. The van der Waals surface area contributed by atoms with E-state index in [2.05, 4.69) is 15.1 Å². The van der Waals surface area contributed by atoms with Gasteiger partial charge in [-0.1, -0.05) is 18.2 Å². The van der Waals surface area contributed by atoms with Gasteiger partial charge in [0.05, 0.1) is 24.0 Å². The third-order valence-electron chi connectivity index (χ3n) is 3.69. The van der Waals surface area contributed by atoms with E-state index in [4.69, 9.17) is 0 Å². The summed E-state index contributed by atoms with van der Waals surface area (Å²) in [6, 6.07) is 14.3. The van der Waals surface area contributed by atoms with Gasteiger partial charge in [0.25, 0.3) is 0 Å². The number of aromatic nitrogens is 4. The van der Waals surface area contributed by atoms with Crippen molar-refractivity contribution < 1.29 is 4.39 Å². The summed E-state index contributed by atoms with van der Waals surface area (Å²) < 4.78 is 15.3. The maximum absolute atomic E-state index is 13.4. The summed E-state index contributed by atoms with van der Waals surface area (Å²) in [5.41, 5.74) is 4.29. The summed E-state index contributed by atoms with van der Waals surface area (Å²) in [5.74, 6) is -0.260. The molecule has 112 valence electrons. The van der Waals surface area contributed by atoms with Gasteiger partial charge in [0, 0.05) is 18.0 Å². The number of hydrogen-bond acceptors (Lipinski definition) is 3. The van der Waals surface area contributed by atoms with E-state index in [0.29, 0.717) is 6.54 Å². The van der Waals surface area contributed by atoms with Gasteiger partial charge >= 0.3 is 0 Å². The van der Waals surface area contributed by atoms with E-state index < -0.39 is 0 Å². The van der Waals surface area contributed by atoms with Gasteiger partial charge in [-0.15, -0.1) is 0 Å². The van der Waals surface area contributed by atoms with Gasteiger partial charge in [0.2, 0.25) is 0 Å². The fraction of sp³-hybridized carbons (Fsp3) is 0.0556. The van der Waals surface area contributed by atoms with E-state index in [1.807, 2.05) is 35.0 Å². The first kappa shape index (κ1) is 13.6. The van der Waals surface area contributed by atoms with Gasteiger partial charge in [-0.3, -0.25) is 14.6 Å². The van der Waals surface area contributed by atoms with E-state index in [9.17, 15) is 4.39 Å². The van der Waals surface area contributed by atoms with Crippen molar-refractivity contribution in [3.8, 4) is 11.1 Å². The van der Waals surface area contributed by atoms with Crippen molar-refractivity contribution in [3.05, 3.63) is 78.6 Å². The minimum Gasteiger partial charge on any atom is -0.259 e. The molecule has 3 heterocycles. The molecule has 0 saturated heterocycles. The van der Waals surface area contributed by atoms with Crippen LogP contribution < -0.4 is 0 Å². The maximum Gasteiger partial charge on any atom is 0.123 e. The van der Waals surface area contributed by atoms with Crippen molar-refractivity contribution in [2.75, 3.05) is 0 Å². The standard InChI is InChI=1S/C18H13FN4/c19-15-5-3-4-13(8-15)14-9-18-17(21-10-14)11-22-23(18)12-16-6-1-2-7-20-16/h1-11H,12H2. The number of benzene rings is 1. The fourth-order valence-corrected chi connectivity index (χ4v) is 2.55. The first-order valence-electron chi connectivity index (χ1n) is 7.27. The molecule has 0 amide bonds. The Bertz CT molecular complexity index is 963. The summed E-state index contributed by atoms with van der Waals surface area (Å²) in [4.78, 5) is 8.75. The SMILES string of the molecule is Fc1cccc(-c2cnc3cnn(Cc4ccccn4)c3c2)c1. The van der Waals surface area contributed by atoms with Crippen LogP contribution in [0, 0.1) is 5.82 Å². The molecule has 0 saturated carbocycles. The number of pyridine rings is 2. The van der Waals surface area contributed by atoms with E-state index in [1.165, 1.54) is 12.1 Å². The summed E-state index contributed by atoms with van der Waals surface area (Å²) in [7, 11) is 0. The van der Waals surface area contributed by atoms with Crippen molar-refractivity contribution >= 4 is 11.0 Å². The van der Waals surface area contributed by atoms with E-state index in [0.717, 1.165) is 27.9 Å². The largest absolute Gasteiger partial charge is 0.259 e. The Hall–Kier alpha value is -3.08. The van der Waals surface area contributed by atoms with E-state index in [-0.39, 0.29) is 5.82 Å².